The molecule has 0 heterocycles. The molecule has 1 aliphatic carbocycles. The molecule has 0 atom stereocenters. The molecule has 0 aromatic heterocycles. The molecule has 0 bridgehead atoms. The monoisotopic (exact) mass is 206 g/mol. The van der Waals surface area contributed by atoms with Crippen molar-refractivity contribution in [3.8, 4) is 0 Å². The summed E-state index contributed by atoms with van der Waals surface area (Å²) in [7, 11) is 0. The van der Waals surface area contributed by atoms with E-state index < -0.39 is 0 Å². The van der Waals surface area contributed by atoms with E-state index in [1.165, 1.54) is 37.7 Å². The second-order valence-corrected chi connectivity index (χ2v) is 4.72. The van der Waals surface area contributed by atoms with Crippen LogP contribution in [0.5, 0.6) is 0 Å². The molecule has 0 saturated heterocycles. The van der Waals surface area contributed by atoms with Crippen LogP contribution in [0.3, 0.4) is 0 Å². The van der Waals surface area contributed by atoms with Gasteiger partial charge in [0, 0.05) is 0 Å². The normalized spacial score (nSPS) is 20.5. The summed E-state index contributed by atoms with van der Waals surface area (Å²) >= 11 is 0. The summed E-state index contributed by atoms with van der Waals surface area (Å²) in [4.78, 5) is 10.9. The molecule has 0 unspecified atom stereocenters. The Labute approximate surface area is 93.3 Å². The Morgan fingerprint density at radius 3 is 2.13 bits per heavy atom. The van der Waals surface area contributed by atoms with Crippen molar-refractivity contribution in [3.05, 3.63) is 23.3 Å². The lowest BCUT2D eigenvalue weighted by molar-refractivity contribution is -0.112. The Bertz CT molecular complexity index is 278. The van der Waals surface area contributed by atoms with Gasteiger partial charge in [-0.1, -0.05) is 30.9 Å². The van der Waals surface area contributed by atoms with E-state index in [9.17, 15) is 4.79 Å². The number of carbonyl (C=O) groups is 1. The van der Waals surface area contributed by atoms with Gasteiger partial charge in [0.15, 0.2) is 5.78 Å². The minimum Gasteiger partial charge on any atom is -0.295 e. The Hall–Kier alpha value is -0.850. The van der Waals surface area contributed by atoms with E-state index in [0.717, 1.165) is 11.5 Å². The van der Waals surface area contributed by atoms with Crippen molar-refractivity contribution in [1.82, 2.24) is 0 Å². The fraction of sp³-hybridized carbons (Fsp3) is 0.643. The van der Waals surface area contributed by atoms with Crippen LogP contribution >= 0.6 is 0 Å². The van der Waals surface area contributed by atoms with E-state index in [4.69, 9.17) is 0 Å². The molecule has 0 aromatic carbocycles. The highest BCUT2D eigenvalue weighted by molar-refractivity contribution is 5.88. The minimum absolute atomic E-state index is 0.139. The average Bonchev–Trinajstić information content (AvgIpc) is 2.17. The molecule has 0 amide bonds. The van der Waals surface area contributed by atoms with Crippen LogP contribution in [0.4, 0.5) is 0 Å². The number of carbonyl (C=O) groups excluding carboxylic acids is 1. The number of allylic oxidation sites excluding steroid dienone is 4. The highest BCUT2D eigenvalue weighted by Crippen LogP contribution is 2.29. The Morgan fingerprint density at radius 2 is 1.60 bits per heavy atom. The maximum Gasteiger partial charge on any atom is 0.152 e. The molecular formula is C14H22O. The number of hydrogen-bond acceptors (Lipinski definition) is 1. The average molecular weight is 206 g/mol. The molecule has 0 N–H and O–H groups in total. The molecule has 1 saturated carbocycles. The van der Waals surface area contributed by atoms with Crippen molar-refractivity contribution in [2.24, 2.45) is 5.92 Å². The first kappa shape index (κ1) is 12.2. The zero-order valence-electron chi connectivity index (χ0n) is 10.2. The van der Waals surface area contributed by atoms with Crippen molar-refractivity contribution in [1.29, 1.82) is 0 Å². The number of rotatable bonds is 3. The maximum atomic E-state index is 10.9. The summed E-state index contributed by atoms with van der Waals surface area (Å²) in [5.74, 6) is 0.897. The number of ketones is 1. The van der Waals surface area contributed by atoms with Crippen molar-refractivity contribution in [3.63, 3.8) is 0 Å². The van der Waals surface area contributed by atoms with Crippen LogP contribution in [0, 0.1) is 5.92 Å². The highest BCUT2D eigenvalue weighted by atomic mass is 16.1. The molecule has 0 radical (unpaired) electrons. The molecule has 1 heteroatoms. The second kappa shape index (κ2) is 5.89. The first-order chi connectivity index (χ1) is 7.09. The summed E-state index contributed by atoms with van der Waals surface area (Å²) in [6.45, 7) is 5.81. The lowest BCUT2D eigenvalue weighted by Gasteiger charge is -2.22. The quantitative estimate of drug-likeness (QED) is 0.503. The van der Waals surface area contributed by atoms with E-state index >= 15 is 0 Å². The first-order valence-corrected chi connectivity index (χ1v) is 5.96. The third-order valence-electron chi connectivity index (χ3n) is 3.14. The van der Waals surface area contributed by atoms with E-state index in [1.54, 1.807) is 13.0 Å². The lowest BCUT2D eigenvalue weighted by atomic mass is 9.84. The van der Waals surface area contributed by atoms with Crippen LogP contribution in [0.15, 0.2) is 23.3 Å². The van der Waals surface area contributed by atoms with E-state index in [0.29, 0.717) is 0 Å². The van der Waals surface area contributed by atoms with Gasteiger partial charge in [0.05, 0.1) is 0 Å². The summed E-state index contributed by atoms with van der Waals surface area (Å²) in [5, 5.41) is 0. The zero-order chi connectivity index (χ0) is 11.3. The molecule has 0 aliphatic heterocycles. The summed E-state index contributed by atoms with van der Waals surface area (Å²) in [5.41, 5.74) is 2.54. The molecule has 1 fully saturated rings. The van der Waals surface area contributed by atoms with Gasteiger partial charge in [0.25, 0.3) is 0 Å². The summed E-state index contributed by atoms with van der Waals surface area (Å²) in [6.07, 6.45) is 10.7. The van der Waals surface area contributed by atoms with Gasteiger partial charge in [-0.2, -0.15) is 0 Å². The van der Waals surface area contributed by atoms with Crippen LogP contribution in [-0.2, 0) is 4.79 Å². The van der Waals surface area contributed by atoms with Crippen LogP contribution in [0.25, 0.3) is 0 Å². The molecule has 84 valence electrons. The van der Waals surface area contributed by atoms with Crippen LogP contribution in [0.1, 0.15) is 52.9 Å². The molecule has 1 nitrogen and oxygen atoms in total. The maximum absolute atomic E-state index is 10.9. The molecular weight excluding hydrogens is 184 g/mol. The Balaban J connectivity index is 2.61. The van der Waals surface area contributed by atoms with E-state index in [1.807, 2.05) is 6.92 Å². The molecule has 0 spiro atoms. The van der Waals surface area contributed by atoms with Gasteiger partial charge >= 0.3 is 0 Å². The van der Waals surface area contributed by atoms with Gasteiger partial charge in [0.2, 0.25) is 0 Å². The predicted molar refractivity (Wildman–Crippen MR) is 64.8 cm³/mol. The van der Waals surface area contributed by atoms with Crippen molar-refractivity contribution >= 4 is 5.78 Å². The topological polar surface area (TPSA) is 17.1 Å². The lowest BCUT2D eigenvalue weighted by Crippen LogP contribution is -2.07. The van der Waals surface area contributed by atoms with Gasteiger partial charge in [-0.3, -0.25) is 4.79 Å². The fourth-order valence-electron chi connectivity index (χ4n) is 2.40. The van der Waals surface area contributed by atoms with Crippen molar-refractivity contribution in [2.75, 3.05) is 0 Å². The van der Waals surface area contributed by atoms with Crippen molar-refractivity contribution in [2.45, 2.75) is 52.9 Å². The Kier molecular flexibility index (Phi) is 4.80. The third-order valence-corrected chi connectivity index (χ3v) is 3.14. The molecule has 1 aliphatic rings. The van der Waals surface area contributed by atoms with Gasteiger partial charge < -0.3 is 0 Å². The van der Waals surface area contributed by atoms with Crippen molar-refractivity contribution < 1.29 is 4.79 Å². The van der Waals surface area contributed by atoms with Gasteiger partial charge in [0.1, 0.15) is 0 Å². The second-order valence-electron chi connectivity index (χ2n) is 4.72. The zero-order valence-corrected chi connectivity index (χ0v) is 10.2. The smallest absolute Gasteiger partial charge is 0.152 e. The summed E-state index contributed by atoms with van der Waals surface area (Å²) in [6, 6.07) is 0. The summed E-state index contributed by atoms with van der Waals surface area (Å²) < 4.78 is 0. The minimum atomic E-state index is 0.139. The molecule has 0 aromatic rings. The van der Waals surface area contributed by atoms with Crippen LogP contribution in [-0.4, -0.2) is 5.78 Å². The van der Waals surface area contributed by atoms with Gasteiger partial charge in [-0.05, 0) is 51.2 Å². The van der Waals surface area contributed by atoms with Crippen LogP contribution in [0.2, 0.25) is 0 Å². The first-order valence-electron chi connectivity index (χ1n) is 5.96. The highest BCUT2D eigenvalue weighted by Gasteiger charge is 2.14. The molecule has 1 rings (SSSR count). The SMILES string of the molecule is CC(=O)/C=C(C)\C=C(/C)C1CCCCC1. The van der Waals surface area contributed by atoms with E-state index in [-0.39, 0.29) is 5.78 Å². The fourth-order valence-corrected chi connectivity index (χ4v) is 2.40. The standard InChI is InChI=1S/C14H22O/c1-11(10-13(3)15)9-12(2)14-7-5-4-6-8-14/h9-10,14H,4-8H2,1-3H3/b11-10-,12-9+. The Morgan fingerprint density at radius 1 is 1.00 bits per heavy atom. The van der Waals surface area contributed by atoms with Crippen LogP contribution < -0.4 is 0 Å². The predicted octanol–water partition coefficient (Wildman–Crippen LogP) is 4.05. The van der Waals surface area contributed by atoms with Gasteiger partial charge in [-0.25, -0.2) is 0 Å². The van der Waals surface area contributed by atoms with Gasteiger partial charge in [-0.15, -0.1) is 0 Å². The van der Waals surface area contributed by atoms with E-state index in [2.05, 4.69) is 13.0 Å². The third kappa shape index (κ3) is 4.46. The number of hydrogen-bond donors (Lipinski definition) is 0. The molecule has 15 heavy (non-hydrogen) atoms. The largest absolute Gasteiger partial charge is 0.295 e.